The predicted molar refractivity (Wildman–Crippen MR) is 51.7 cm³/mol. The molecule has 1 spiro atoms. The molecule has 2 aliphatic heterocycles. The van der Waals surface area contributed by atoms with Crippen molar-refractivity contribution in [2.45, 2.75) is 18.4 Å². The van der Waals surface area contributed by atoms with E-state index >= 15 is 0 Å². The molecule has 2 rings (SSSR count). The Hall–Kier alpha value is -0.810. The van der Waals surface area contributed by atoms with Crippen LogP contribution in [0.4, 0.5) is 4.79 Å². The molecule has 0 aromatic carbocycles. The molecular formula is C9H17N3O2. The molecule has 1 N–H and O–H groups in total. The summed E-state index contributed by atoms with van der Waals surface area (Å²) in [5.74, 6) is 0. The molecule has 2 saturated heterocycles. The van der Waals surface area contributed by atoms with E-state index in [-0.39, 0.29) is 11.7 Å². The van der Waals surface area contributed by atoms with Gasteiger partial charge in [0.05, 0.1) is 6.54 Å². The first-order chi connectivity index (χ1) is 6.60. The second-order valence-corrected chi connectivity index (χ2v) is 4.34. The highest BCUT2D eigenvalue weighted by Crippen LogP contribution is 2.28. The van der Waals surface area contributed by atoms with E-state index in [4.69, 9.17) is 4.74 Å². The van der Waals surface area contributed by atoms with Crippen molar-refractivity contribution in [1.82, 2.24) is 15.3 Å². The summed E-state index contributed by atoms with van der Waals surface area (Å²) in [5, 5.41) is 1.82. The molecule has 0 unspecified atom stereocenters. The fourth-order valence-corrected chi connectivity index (χ4v) is 2.17. The van der Waals surface area contributed by atoms with Crippen molar-refractivity contribution < 1.29 is 9.53 Å². The van der Waals surface area contributed by atoms with Crippen LogP contribution in [0.5, 0.6) is 0 Å². The number of nitrogens with one attached hydrogen (secondary N) is 1. The molecule has 0 aromatic rings. The lowest BCUT2D eigenvalue weighted by molar-refractivity contribution is -0.0883. The SMILES string of the molecule is CN1CCC2(CC1)CN(C)NC(=O)O2. The molecule has 5 nitrogen and oxygen atoms in total. The summed E-state index contributed by atoms with van der Waals surface area (Å²) in [5.41, 5.74) is 2.37. The van der Waals surface area contributed by atoms with Crippen LogP contribution < -0.4 is 5.43 Å². The van der Waals surface area contributed by atoms with Crippen LogP contribution in [0.3, 0.4) is 0 Å². The summed E-state index contributed by atoms with van der Waals surface area (Å²) >= 11 is 0. The van der Waals surface area contributed by atoms with Crippen LogP contribution >= 0.6 is 0 Å². The summed E-state index contributed by atoms with van der Waals surface area (Å²) in [6, 6.07) is 0. The monoisotopic (exact) mass is 199 g/mol. The van der Waals surface area contributed by atoms with E-state index < -0.39 is 0 Å². The zero-order valence-corrected chi connectivity index (χ0v) is 8.75. The van der Waals surface area contributed by atoms with Crippen LogP contribution in [-0.2, 0) is 4.74 Å². The Labute approximate surface area is 84.0 Å². The third-order valence-corrected chi connectivity index (χ3v) is 3.01. The standard InChI is InChI=1S/C9H17N3O2/c1-11-5-3-9(4-6-11)7-12(2)10-8(13)14-9/h3-7H2,1-2H3,(H,10,13). The molecular weight excluding hydrogens is 182 g/mol. The summed E-state index contributed by atoms with van der Waals surface area (Å²) in [6.45, 7) is 2.79. The van der Waals surface area contributed by atoms with Crippen molar-refractivity contribution in [3.8, 4) is 0 Å². The highest BCUT2D eigenvalue weighted by atomic mass is 16.6. The predicted octanol–water partition coefficient (Wildman–Crippen LogP) is 0.0374. The lowest BCUT2D eigenvalue weighted by Crippen LogP contribution is -2.61. The summed E-state index contributed by atoms with van der Waals surface area (Å²) in [7, 11) is 3.97. The number of carbonyl (C=O) groups excluding carboxylic acids is 1. The van der Waals surface area contributed by atoms with Gasteiger partial charge in [-0.1, -0.05) is 0 Å². The topological polar surface area (TPSA) is 44.8 Å². The minimum atomic E-state index is -0.316. The average Bonchev–Trinajstić information content (AvgIpc) is 2.09. The molecule has 2 heterocycles. The van der Waals surface area contributed by atoms with Crippen LogP contribution in [0.1, 0.15) is 12.8 Å². The molecule has 14 heavy (non-hydrogen) atoms. The molecule has 2 aliphatic rings. The Morgan fingerprint density at radius 3 is 2.57 bits per heavy atom. The van der Waals surface area contributed by atoms with Gasteiger partial charge in [0.1, 0.15) is 5.60 Å². The first-order valence-corrected chi connectivity index (χ1v) is 4.99. The molecule has 0 aliphatic carbocycles. The average molecular weight is 199 g/mol. The Morgan fingerprint density at radius 2 is 2.00 bits per heavy atom. The quantitative estimate of drug-likeness (QED) is 0.598. The van der Waals surface area contributed by atoms with Gasteiger partial charge in [0.15, 0.2) is 0 Å². The highest BCUT2D eigenvalue weighted by molar-refractivity contribution is 5.68. The maximum atomic E-state index is 11.2. The Bertz CT molecular complexity index is 236. The van der Waals surface area contributed by atoms with Crippen LogP contribution in [-0.4, -0.2) is 55.3 Å². The van der Waals surface area contributed by atoms with Crippen LogP contribution in [0.25, 0.3) is 0 Å². The van der Waals surface area contributed by atoms with Gasteiger partial charge in [-0.05, 0) is 7.05 Å². The van der Waals surface area contributed by atoms with Gasteiger partial charge < -0.3 is 9.64 Å². The first-order valence-electron chi connectivity index (χ1n) is 4.99. The number of piperidine rings is 1. The molecule has 2 fully saturated rings. The van der Waals surface area contributed by atoms with Gasteiger partial charge >= 0.3 is 6.09 Å². The van der Waals surface area contributed by atoms with Crippen molar-refractivity contribution in [3.63, 3.8) is 0 Å². The van der Waals surface area contributed by atoms with E-state index in [9.17, 15) is 4.79 Å². The normalized spacial score (nSPS) is 28.6. The fraction of sp³-hybridized carbons (Fsp3) is 0.889. The number of likely N-dealkylation sites (N-methyl/N-ethyl adjacent to an activating group) is 1. The number of carbonyl (C=O) groups is 1. The lowest BCUT2D eigenvalue weighted by Gasteiger charge is -2.45. The van der Waals surface area contributed by atoms with Gasteiger partial charge in [-0.3, -0.25) is 5.43 Å². The second kappa shape index (κ2) is 3.40. The molecule has 0 aromatic heterocycles. The van der Waals surface area contributed by atoms with Crippen LogP contribution in [0, 0.1) is 0 Å². The number of nitrogens with zero attached hydrogens (tertiary/aromatic N) is 2. The minimum absolute atomic E-state index is 0.246. The maximum Gasteiger partial charge on any atom is 0.422 e. The van der Waals surface area contributed by atoms with Gasteiger partial charge in [-0.2, -0.15) is 0 Å². The molecule has 0 atom stereocenters. The Kier molecular flexibility index (Phi) is 2.36. The van der Waals surface area contributed by atoms with Gasteiger partial charge in [0, 0.05) is 33.0 Å². The smallest absolute Gasteiger partial charge is 0.422 e. The van der Waals surface area contributed by atoms with Crippen molar-refractivity contribution in [3.05, 3.63) is 0 Å². The number of hydrogen-bond acceptors (Lipinski definition) is 4. The summed E-state index contributed by atoms with van der Waals surface area (Å²) in [6.07, 6.45) is 1.55. The number of amides is 1. The third kappa shape index (κ3) is 1.83. The minimum Gasteiger partial charge on any atom is -0.440 e. The van der Waals surface area contributed by atoms with E-state index in [0.29, 0.717) is 0 Å². The first kappa shape index (κ1) is 9.73. The largest absolute Gasteiger partial charge is 0.440 e. The molecule has 0 saturated carbocycles. The molecule has 0 radical (unpaired) electrons. The summed E-state index contributed by atoms with van der Waals surface area (Å²) in [4.78, 5) is 13.5. The van der Waals surface area contributed by atoms with Crippen LogP contribution in [0.2, 0.25) is 0 Å². The van der Waals surface area contributed by atoms with Gasteiger partial charge in [0.2, 0.25) is 0 Å². The molecule has 5 heteroatoms. The van der Waals surface area contributed by atoms with Crippen LogP contribution in [0.15, 0.2) is 0 Å². The van der Waals surface area contributed by atoms with E-state index in [1.807, 2.05) is 12.1 Å². The van der Waals surface area contributed by atoms with E-state index in [1.165, 1.54) is 0 Å². The van der Waals surface area contributed by atoms with Crippen molar-refractivity contribution in [2.24, 2.45) is 0 Å². The number of hydrazine groups is 1. The maximum absolute atomic E-state index is 11.2. The van der Waals surface area contributed by atoms with Gasteiger partial charge in [0.25, 0.3) is 0 Å². The van der Waals surface area contributed by atoms with Crippen molar-refractivity contribution in [1.29, 1.82) is 0 Å². The molecule has 1 amide bonds. The van der Waals surface area contributed by atoms with E-state index in [0.717, 1.165) is 32.5 Å². The third-order valence-electron chi connectivity index (χ3n) is 3.01. The Balaban J connectivity index is 2.04. The molecule has 0 bridgehead atoms. The fourth-order valence-electron chi connectivity index (χ4n) is 2.17. The highest BCUT2D eigenvalue weighted by Gasteiger charge is 2.41. The number of rotatable bonds is 0. The van der Waals surface area contributed by atoms with E-state index in [2.05, 4.69) is 17.4 Å². The van der Waals surface area contributed by atoms with Crippen molar-refractivity contribution in [2.75, 3.05) is 33.7 Å². The number of likely N-dealkylation sites (tertiary alicyclic amines) is 1. The lowest BCUT2D eigenvalue weighted by atomic mass is 9.90. The zero-order chi connectivity index (χ0) is 10.2. The van der Waals surface area contributed by atoms with Crippen molar-refractivity contribution >= 4 is 6.09 Å². The van der Waals surface area contributed by atoms with Gasteiger partial charge in [-0.25, -0.2) is 9.80 Å². The number of hydrogen-bond donors (Lipinski definition) is 1. The number of ether oxygens (including phenoxy) is 1. The Morgan fingerprint density at radius 1 is 1.36 bits per heavy atom. The van der Waals surface area contributed by atoms with E-state index in [1.54, 1.807) is 0 Å². The van der Waals surface area contributed by atoms with Gasteiger partial charge in [-0.15, -0.1) is 0 Å². The summed E-state index contributed by atoms with van der Waals surface area (Å²) < 4.78 is 5.42. The molecule has 80 valence electrons. The second-order valence-electron chi connectivity index (χ2n) is 4.34. The zero-order valence-electron chi connectivity index (χ0n) is 8.75.